The van der Waals surface area contributed by atoms with Gasteiger partial charge in [0.15, 0.2) is 0 Å². The van der Waals surface area contributed by atoms with Gasteiger partial charge in [-0.25, -0.2) is 0 Å². The Morgan fingerprint density at radius 1 is 1.40 bits per heavy atom. The van der Waals surface area contributed by atoms with Crippen molar-refractivity contribution in [2.45, 2.75) is 32.4 Å². The van der Waals surface area contributed by atoms with E-state index in [1.54, 1.807) is 5.54 Å². The molecular formula is C17H25ClN2. The van der Waals surface area contributed by atoms with Crippen LogP contribution in [0.3, 0.4) is 0 Å². The number of halogens is 1. The lowest BCUT2D eigenvalue weighted by molar-refractivity contribution is 0.122. The lowest BCUT2D eigenvalue weighted by Crippen LogP contribution is -2.54. The van der Waals surface area contributed by atoms with Gasteiger partial charge in [-0.05, 0) is 11.5 Å². The maximum absolute atomic E-state index is 5.72. The third-order valence-corrected chi connectivity index (χ3v) is 4.57. The Bertz CT molecular complexity index is 418. The van der Waals surface area contributed by atoms with Crippen LogP contribution in [0.2, 0.25) is 0 Å². The normalized spacial score (nSPS) is 25.9. The van der Waals surface area contributed by atoms with Crippen LogP contribution in [0.1, 0.15) is 31.9 Å². The van der Waals surface area contributed by atoms with Crippen molar-refractivity contribution in [3.8, 4) is 0 Å². The second kappa shape index (κ2) is 7.82. The lowest BCUT2D eigenvalue weighted by Gasteiger charge is -2.42. The van der Waals surface area contributed by atoms with Crippen molar-refractivity contribution in [3.05, 3.63) is 47.5 Å². The highest BCUT2D eigenvalue weighted by atomic mass is 35.5. The van der Waals surface area contributed by atoms with Gasteiger partial charge in [0.05, 0.1) is 0 Å². The highest BCUT2D eigenvalue weighted by molar-refractivity contribution is 6.25. The minimum absolute atomic E-state index is 0.435. The maximum Gasteiger partial charge on any atom is 0.0476 e. The third-order valence-electron chi connectivity index (χ3n) is 4.39. The van der Waals surface area contributed by atoms with Crippen LogP contribution in [0.25, 0.3) is 0 Å². The van der Waals surface area contributed by atoms with Crippen LogP contribution in [0.5, 0.6) is 0 Å². The molecule has 1 aliphatic heterocycles. The first-order chi connectivity index (χ1) is 9.76. The minimum Gasteiger partial charge on any atom is -0.311 e. The van der Waals surface area contributed by atoms with E-state index in [1.807, 2.05) is 6.08 Å². The first-order valence-electron chi connectivity index (χ1n) is 7.53. The van der Waals surface area contributed by atoms with E-state index in [1.165, 1.54) is 12.0 Å². The number of rotatable bonds is 5. The molecule has 0 bridgehead atoms. The van der Waals surface area contributed by atoms with E-state index in [2.05, 4.69) is 54.4 Å². The molecule has 1 aromatic carbocycles. The number of hydrogen-bond acceptors (Lipinski definition) is 2. The van der Waals surface area contributed by atoms with Crippen LogP contribution in [0.4, 0.5) is 0 Å². The highest BCUT2D eigenvalue weighted by Crippen LogP contribution is 2.25. The van der Waals surface area contributed by atoms with Gasteiger partial charge in [0.2, 0.25) is 0 Å². The molecule has 1 fully saturated rings. The second-order valence-electron chi connectivity index (χ2n) is 5.64. The van der Waals surface area contributed by atoms with Crippen LogP contribution in [-0.2, 0) is 0 Å². The Kier molecular flexibility index (Phi) is 6.08. The number of nitrogens with one attached hydrogen (secondary N) is 1. The van der Waals surface area contributed by atoms with Gasteiger partial charge in [-0.2, -0.15) is 0 Å². The summed E-state index contributed by atoms with van der Waals surface area (Å²) in [5.74, 6) is 0.703. The van der Waals surface area contributed by atoms with Gasteiger partial charge in [0.1, 0.15) is 0 Å². The van der Waals surface area contributed by atoms with E-state index in [0.717, 1.165) is 19.6 Å². The number of nitrogens with zero attached hydrogens (tertiary/aromatic N) is 1. The summed E-state index contributed by atoms with van der Waals surface area (Å²) in [6.45, 7) is 7.59. The summed E-state index contributed by atoms with van der Waals surface area (Å²) in [7, 11) is 0. The largest absolute Gasteiger partial charge is 0.311 e. The van der Waals surface area contributed by atoms with Crippen LogP contribution in [-0.4, -0.2) is 30.6 Å². The molecule has 2 nitrogen and oxygen atoms in total. The smallest absolute Gasteiger partial charge is 0.0476 e. The van der Waals surface area contributed by atoms with Crippen molar-refractivity contribution >= 4 is 11.6 Å². The molecule has 0 amide bonds. The zero-order valence-corrected chi connectivity index (χ0v) is 13.2. The number of hydrogen-bond donors (Lipinski definition) is 1. The summed E-state index contributed by atoms with van der Waals surface area (Å²) >= 11 is 5.72. The molecule has 110 valence electrons. The summed E-state index contributed by atoms with van der Waals surface area (Å²) < 4.78 is 0. The fraction of sp³-hybridized carbons (Fsp3) is 0.529. The molecule has 20 heavy (non-hydrogen) atoms. The molecule has 3 heteroatoms. The van der Waals surface area contributed by atoms with E-state index in [-0.39, 0.29) is 0 Å². The van der Waals surface area contributed by atoms with E-state index in [0.29, 0.717) is 18.0 Å². The molecule has 1 aromatic rings. The molecule has 1 saturated heterocycles. The van der Waals surface area contributed by atoms with Crippen molar-refractivity contribution in [1.29, 1.82) is 0 Å². The molecule has 1 heterocycles. The molecule has 0 spiro atoms. The molecule has 3 atom stereocenters. The summed E-state index contributed by atoms with van der Waals surface area (Å²) in [6.07, 6.45) is 3.25. The number of benzene rings is 1. The monoisotopic (exact) mass is 292 g/mol. The van der Waals surface area contributed by atoms with Crippen molar-refractivity contribution in [1.82, 2.24) is 10.2 Å². The van der Waals surface area contributed by atoms with Crippen LogP contribution >= 0.6 is 11.6 Å². The van der Waals surface area contributed by atoms with Crippen molar-refractivity contribution < 1.29 is 0 Å². The minimum atomic E-state index is 0.435. The van der Waals surface area contributed by atoms with E-state index in [4.69, 9.17) is 11.6 Å². The van der Waals surface area contributed by atoms with Gasteiger partial charge in [0.25, 0.3) is 0 Å². The predicted octanol–water partition coefficient (Wildman–Crippen LogP) is 3.80. The van der Waals surface area contributed by atoms with Crippen LogP contribution in [0, 0.1) is 5.92 Å². The van der Waals surface area contributed by atoms with Gasteiger partial charge in [-0.1, -0.05) is 68.3 Å². The van der Waals surface area contributed by atoms with Crippen molar-refractivity contribution in [2.75, 3.05) is 19.6 Å². The Hall–Kier alpha value is -0.830. The quantitative estimate of drug-likeness (QED) is 0.888. The molecule has 1 N–H and O–H groups in total. The molecule has 0 radical (unpaired) electrons. The average molecular weight is 293 g/mol. The van der Waals surface area contributed by atoms with Gasteiger partial charge in [0, 0.05) is 37.3 Å². The molecular weight excluding hydrogens is 268 g/mol. The Morgan fingerprint density at radius 2 is 2.15 bits per heavy atom. The standard InChI is InChI=1S/C17H25ClN2/c1-3-14(2)16-13-20(11-7-10-18)17(12-19-16)15-8-5-4-6-9-15/h4-10,14,16-17,19H,3,11-13H2,1-2H3/b10-7+. The SMILES string of the molecule is CCC(C)C1CN(C/C=C/Cl)C(c2ccccc2)CN1. The maximum atomic E-state index is 5.72. The van der Waals surface area contributed by atoms with Crippen LogP contribution < -0.4 is 5.32 Å². The summed E-state index contributed by atoms with van der Waals surface area (Å²) in [5, 5.41) is 3.73. The second-order valence-corrected chi connectivity index (χ2v) is 5.89. The zero-order valence-electron chi connectivity index (χ0n) is 12.4. The Balaban J connectivity index is 2.11. The molecule has 2 rings (SSSR count). The average Bonchev–Trinajstić information content (AvgIpc) is 2.52. The predicted molar refractivity (Wildman–Crippen MR) is 87.0 cm³/mol. The fourth-order valence-electron chi connectivity index (χ4n) is 2.88. The van der Waals surface area contributed by atoms with E-state index in [9.17, 15) is 0 Å². The highest BCUT2D eigenvalue weighted by Gasteiger charge is 2.30. The van der Waals surface area contributed by atoms with Gasteiger partial charge >= 0.3 is 0 Å². The van der Waals surface area contributed by atoms with E-state index < -0.39 is 0 Å². The number of piperazine rings is 1. The first kappa shape index (κ1) is 15.6. The fourth-order valence-corrected chi connectivity index (χ4v) is 2.96. The van der Waals surface area contributed by atoms with Gasteiger partial charge in [-0.3, -0.25) is 4.90 Å². The Labute approximate surface area is 127 Å². The summed E-state index contributed by atoms with van der Waals surface area (Å²) in [4.78, 5) is 2.53. The zero-order chi connectivity index (χ0) is 14.4. The molecule has 1 aliphatic rings. The molecule has 0 saturated carbocycles. The van der Waals surface area contributed by atoms with Crippen molar-refractivity contribution in [3.63, 3.8) is 0 Å². The molecule has 3 unspecified atom stereocenters. The van der Waals surface area contributed by atoms with Crippen LogP contribution in [0.15, 0.2) is 41.9 Å². The van der Waals surface area contributed by atoms with Gasteiger partial charge in [-0.15, -0.1) is 0 Å². The summed E-state index contributed by atoms with van der Waals surface area (Å²) in [5.41, 5.74) is 3.01. The summed E-state index contributed by atoms with van der Waals surface area (Å²) in [6, 6.07) is 11.7. The first-order valence-corrected chi connectivity index (χ1v) is 7.97. The molecule has 0 aliphatic carbocycles. The van der Waals surface area contributed by atoms with E-state index >= 15 is 0 Å². The topological polar surface area (TPSA) is 15.3 Å². The van der Waals surface area contributed by atoms with Crippen molar-refractivity contribution in [2.24, 2.45) is 5.92 Å². The Morgan fingerprint density at radius 3 is 2.80 bits per heavy atom. The van der Waals surface area contributed by atoms with Gasteiger partial charge < -0.3 is 5.32 Å². The lowest BCUT2D eigenvalue weighted by atomic mass is 9.93. The third kappa shape index (κ3) is 3.85. The molecule has 0 aromatic heterocycles.